The molecule has 1 amide bonds. The summed E-state index contributed by atoms with van der Waals surface area (Å²) in [5.74, 6) is -0.0324. The minimum atomic E-state index is -4.64. The maximum absolute atomic E-state index is 12.7. The summed E-state index contributed by atoms with van der Waals surface area (Å²) in [4.78, 5) is 29.7. The number of nitrogens with zero attached hydrogens (tertiary/aromatic N) is 5. The first-order chi connectivity index (χ1) is 13.8. The van der Waals surface area contributed by atoms with Crippen LogP contribution in [0.2, 0.25) is 0 Å². The molecule has 1 saturated heterocycles. The number of rotatable bonds is 3. The lowest BCUT2D eigenvalue weighted by Crippen LogP contribution is -2.40. The molecule has 0 bridgehead atoms. The van der Waals surface area contributed by atoms with Gasteiger partial charge in [0.1, 0.15) is 11.0 Å². The molecule has 3 heterocycles. The molecule has 152 valence electrons. The van der Waals surface area contributed by atoms with Crippen molar-refractivity contribution >= 4 is 16.9 Å². The molecule has 0 unspecified atom stereocenters. The summed E-state index contributed by atoms with van der Waals surface area (Å²) in [6.07, 6.45) is -2.41. The van der Waals surface area contributed by atoms with Crippen LogP contribution in [0.5, 0.6) is 0 Å². The first-order valence-electron chi connectivity index (χ1n) is 9.05. The van der Waals surface area contributed by atoms with Crippen LogP contribution in [0.15, 0.2) is 35.4 Å². The molecule has 8 nitrogen and oxygen atoms in total. The van der Waals surface area contributed by atoms with Crippen LogP contribution in [0.25, 0.3) is 11.0 Å². The van der Waals surface area contributed by atoms with Gasteiger partial charge in [0.2, 0.25) is 0 Å². The van der Waals surface area contributed by atoms with Gasteiger partial charge in [-0.15, -0.1) is 0 Å². The second kappa shape index (κ2) is 7.30. The Hall–Kier alpha value is -3.24. The number of piperidine rings is 1. The van der Waals surface area contributed by atoms with Gasteiger partial charge in [-0.25, -0.2) is 4.98 Å². The van der Waals surface area contributed by atoms with Crippen LogP contribution >= 0.6 is 0 Å². The zero-order chi connectivity index (χ0) is 20.6. The Morgan fingerprint density at radius 2 is 1.86 bits per heavy atom. The molecule has 11 heteroatoms. The minimum Gasteiger partial charge on any atom is -0.339 e. The first-order valence-corrected chi connectivity index (χ1v) is 9.05. The van der Waals surface area contributed by atoms with Gasteiger partial charge in [-0.3, -0.25) is 14.2 Å². The summed E-state index contributed by atoms with van der Waals surface area (Å²) in [6.45, 7) is 1.28. The topological polar surface area (TPSA) is 96.8 Å². The summed E-state index contributed by atoms with van der Waals surface area (Å²) in [5, 5.41) is 10.4. The lowest BCUT2D eigenvalue weighted by atomic mass is 9.96. The first kappa shape index (κ1) is 19.1. The average Bonchev–Trinajstić information content (AvgIpc) is 3.16. The van der Waals surface area contributed by atoms with Crippen molar-refractivity contribution in [3.8, 4) is 0 Å². The van der Waals surface area contributed by atoms with E-state index in [-0.39, 0.29) is 18.4 Å². The summed E-state index contributed by atoms with van der Waals surface area (Å²) in [7, 11) is 0. The normalized spacial score (nSPS) is 15.8. The van der Waals surface area contributed by atoms with Crippen LogP contribution in [-0.2, 0) is 12.7 Å². The number of fused-ring (bicyclic) bond motifs is 1. The van der Waals surface area contributed by atoms with Crippen molar-refractivity contribution in [2.75, 3.05) is 13.1 Å². The Balaban J connectivity index is 1.38. The number of nitrogens with one attached hydrogen (secondary N) is 1. The molecular formula is C18H17F3N6O2. The zero-order valence-corrected chi connectivity index (χ0v) is 15.2. The fourth-order valence-electron chi connectivity index (χ4n) is 3.47. The van der Waals surface area contributed by atoms with Crippen LogP contribution in [0.1, 0.15) is 28.9 Å². The SMILES string of the molecule is O=C(c1ccc2n[nH]nc2c1)N1CCC(Cn2cnc(C(F)(F)F)cc2=O)CC1. The Bertz CT molecular complexity index is 1100. The molecular weight excluding hydrogens is 389 g/mol. The largest absolute Gasteiger partial charge is 0.433 e. The third-order valence-corrected chi connectivity index (χ3v) is 5.09. The summed E-state index contributed by atoms with van der Waals surface area (Å²) in [5.41, 5.74) is -0.112. The number of carbonyl (C=O) groups excluding carboxylic acids is 1. The highest BCUT2D eigenvalue weighted by Crippen LogP contribution is 2.26. The molecule has 29 heavy (non-hydrogen) atoms. The van der Waals surface area contributed by atoms with Gasteiger partial charge in [0.05, 0.1) is 6.33 Å². The number of likely N-dealkylation sites (tertiary alicyclic amines) is 1. The Morgan fingerprint density at radius 1 is 1.14 bits per heavy atom. The molecule has 0 saturated carbocycles. The molecule has 0 radical (unpaired) electrons. The van der Waals surface area contributed by atoms with Crippen molar-refractivity contribution in [3.05, 3.63) is 52.2 Å². The smallest absolute Gasteiger partial charge is 0.339 e. The molecule has 0 spiro atoms. The van der Waals surface area contributed by atoms with Crippen molar-refractivity contribution in [1.29, 1.82) is 0 Å². The number of benzene rings is 1. The molecule has 4 rings (SSSR count). The molecule has 0 aliphatic carbocycles. The van der Waals surface area contributed by atoms with Gasteiger partial charge in [-0.1, -0.05) is 0 Å². The second-order valence-corrected chi connectivity index (χ2v) is 7.03. The quantitative estimate of drug-likeness (QED) is 0.719. The molecule has 1 fully saturated rings. The van der Waals surface area contributed by atoms with Gasteiger partial charge in [-0.2, -0.15) is 28.6 Å². The number of hydrogen-bond acceptors (Lipinski definition) is 5. The highest BCUT2D eigenvalue weighted by Gasteiger charge is 2.33. The van der Waals surface area contributed by atoms with E-state index in [2.05, 4.69) is 20.4 Å². The fourth-order valence-corrected chi connectivity index (χ4v) is 3.47. The average molecular weight is 406 g/mol. The van der Waals surface area contributed by atoms with E-state index in [9.17, 15) is 22.8 Å². The molecule has 3 aromatic rings. The van der Waals surface area contributed by atoms with Crippen molar-refractivity contribution < 1.29 is 18.0 Å². The summed E-state index contributed by atoms with van der Waals surface area (Å²) >= 11 is 0. The van der Waals surface area contributed by atoms with Crippen molar-refractivity contribution in [3.63, 3.8) is 0 Å². The second-order valence-electron chi connectivity index (χ2n) is 7.03. The molecule has 0 atom stereocenters. The van der Waals surface area contributed by atoms with Gasteiger partial charge < -0.3 is 4.90 Å². The van der Waals surface area contributed by atoms with E-state index in [0.29, 0.717) is 48.6 Å². The van der Waals surface area contributed by atoms with Crippen molar-refractivity contribution in [2.24, 2.45) is 5.92 Å². The Kier molecular flexibility index (Phi) is 4.81. The van der Waals surface area contributed by atoms with Gasteiger partial charge in [0, 0.05) is 31.3 Å². The Labute approximate surface area is 162 Å². The van der Waals surface area contributed by atoms with Gasteiger partial charge in [0.25, 0.3) is 11.5 Å². The van der Waals surface area contributed by atoms with Crippen molar-refractivity contribution in [1.82, 2.24) is 29.9 Å². The minimum absolute atomic E-state index is 0.0771. The van der Waals surface area contributed by atoms with Crippen LogP contribution < -0.4 is 5.56 Å². The monoisotopic (exact) mass is 406 g/mol. The number of halogens is 3. The fraction of sp³-hybridized carbons (Fsp3) is 0.389. The van der Waals surface area contributed by atoms with E-state index in [1.54, 1.807) is 23.1 Å². The number of alkyl halides is 3. The number of carbonyl (C=O) groups is 1. The van der Waals surface area contributed by atoms with E-state index in [0.717, 1.165) is 6.33 Å². The predicted octanol–water partition coefficient (Wildman–Crippen LogP) is 2.09. The highest BCUT2D eigenvalue weighted by atomic mass is 19.4. The highest BCUT2D eigenvalue weighted by molar-refractivity contribution is 5.97. The summed E-state index contributed by atoms with van der Waals surface area (Å²) < 4.78 is 39.1. The van der Waals surface area contributed by atoms with Gasteiger partial charge in [-0.05, 0) is 37.0 Å². The van der Waals surface area contributed by atoms with Crippen molar-refractivity contribution in [2.45, 2.75) is 25.6 Å². The third kappa shape index (κ3) is 3.98. The van der Waals surface area contributed by atoms with Crippen LogP contribution in [0.4, 0.5) is 13.2 Å². The van der Waals surface area contributed by atoms with E-state index in [1.165, 1.54) is 4.57 Å². The molecule has 1 aromatic carbocycles. The maximum atomic E-state index is 12.7. The number of hydrogen-bond donors (Lipinski definition) is 1. The van der Waals surface area contributed by atoms with Crippen LogP contribution in [0.3, 0.4) is 0 Å². The Morgan fingerprint density at radius 3 is 2.55 bits per heavy atom. The third-order valence-electron chi connectivity index (χ3n) is 5.09. The lowest BCUT2D eigenvalue weighted by molar-refractivity contribution is -0.141. The molecule has 1 aliphatic heterocycles. The predicted molar refractivity (Wildman–Crippen MR) is 96.0 cm³/mol. The van der Waals surface area contributed by atoms with Crippen LogP contribution in [0, 0.1) is 5.92 Å². The molecule has 1 N–H and O–H groups in total. The van der Waals surface area contributed by atoms with E-state index < -0.39 is 17.4 Å². The zero-order valence-electron chi connectivity index (χ0n) is 15.2. The van der Waals surface area contributed by atoms with E-state index in [1.807, 2.05) is 0 Å². The maximum Gasteiger partial charge on any atom is 0.433 e. The van der Waals surface area contributed by atoms with E-state index in [4.69, 9.17) is 0 Å². The number of aromatic amines is 1. The van der Waals surface area contributed by atoms with Gasteiger partial charge in [0.15, 0.2) is 5.69 Å². The number of H-pyrrole nitrogens is 1. The standard InChI is InChI=1S/C18H17F3N6O2/c19-18(20,21)15-8-16(28)27(10-22-15)9-11-3-5-26(6-4-11)17(29)12-1-2-13-14(7-12)24-25-23-13/h1-2,7-8,10-11H,3-6,9H2,(H,23,24,25). The van der Waals surface area contributed by atoms with Crippen LogP contribution in [-0.4, -0.2) is 48.9 Å². The molecule has 1 aliphatic rings. The van der Waals surface area contributed by atoms with E-state index >= 15 is 0 Å². The lowest BCUT2D eigenvalue weighted by Gasteiger charge is -2.32. The number of amides is 1. The summed E-state index contributed by atoms with van der Waals surface area (Å²) in [6, 6.07) is 5.62. The number of aromatic nitrogens is 5. The van der Waals surface area contributed by atoms with Gasteiger partial charge >= 0.3 is 6.18 Å². The molecule has 2 aromatic heterocycles.